The van der Waals surface area contributed by atoms with Crippen LogP contribution in [-0.2, 0) is 21.7 Å². The van der Waals surface area contributed by atoms with Crippen molar-refractivity contribution in [1.82, 2.24) is 9.97 Å². The highest BCUT2D eigenvalue weighted by Crippen LogP contribution is 2.37. The second-order valence-corrected chi connectivity index (χ2v) is 6.41. The summed E-state index contributed by atoms with van der Waals surface area (Å²) in [5.41, 5.74) is 0.580. The third-order valence-electron chi connectivity index (χ3n) is 3.96. The lowest BCUT2D eigenvalue weighted by Gasteiger charge is -2.30. The van der Waals surface area contributed by atoms with E-state index in [4.69, 9.17) is 21.7 Å². The Morgan fingerprint density at radius 2 is 1.90 bits per heavy atom. The Bertz CT molecular complexity index is 510. The zero-order valence-corrected chi connectivity index (χ0v) is 14.4. The number of aromatic nitrogens is 2. The minimum absolute atomic E-state index is 0.340. The number of hydrogen-bond donors (Lipinski definition) is 1. The maximum Gasteiger partial charge on any atom is 0.144 e. The van der Waals surface area contributed by atoms with Gasteiger partial charge in [0.1, 0.15) is 16.1 Å². The molecule has 1 fully saturated rings. The number of rotatable bonds is 4. The lowest BCUT2D eigenvalue weighted by Crippen LogP contribution is -2.31. The molecule has 1 aliphatic carbocycles. The van der Waals surface area contributed by atoms with E-state index in [1.165, 1.54) is 12.8 Å². The van der Waals surface area contributed by atoms with Gasteiger partial charge in [0.25, 0.3) is 0 Å². The van der Waals surface area contributed by atoms with E-state index in [0.29, 0.717) is 11.2 Å². The summed E-state index contributed by atoms with van der Waals surface area (Å²) >= 11 is 8.83. The van der Waals surface area contributed by atoms with Gasteiger partial charge in [0, 0.05) is 14.2 Å². The molecule has 20 heavy (non-hydrogen) atoms. The van der Waals surface area contributed by atoms with Crippen LogP contribution >= 0.6 is 28.1 Å². The van der Waals surface area contributed by atoms with E-state index in [0.717, 1.165) is 41.7 Å². The van der Waals surface area contributed by atoms with Crippen LogP contribution in [0.5, 0.6) is 0 Å². The van der Waals surface area contributed by atoms with E-state index < -0.39 is 0 Å². The third-order valence-corrected chi connectivity index (χ3v) is 5.37. The highest BCUT2D eigenvalue weighted by Gasteiger charge is 2.35. The number of methoxy groups -OCH3 is 2. The van der Waals surface area contributed by atoms with Crippen molar-refractivity contribution < 1.29 is 9.47 Å². The van der Waals surface area contributed by atoms with Gasteiger partial charge in [-0.1, -0.05) is 37.9 Å². The lowest BCUT2D eigenvalue weighted by atomic mass is 9.93. The molecule has 4 nitrogen and oxygen atoms in total. The fourth-order valence-electron chi connectivity index (χ4n) is 2.80. The van der Waals surface area contributed by atoms with Crippen LogP contribution in [0.4, 0.5) is 0 Å². The first-order valence-electron chi connectivity index (χ1n) is 6.96. The molecule has 1 saturated carbocycles. The summed E-state index contributed by atoms with van der Waals surface area (Å²) < 4.78 is 12.5. The zero-order valence-electron chi connectivity index (χ0n) is 12.0. The van der Waals surface area contributed by atoms with Gasteiger partial charge in [-0.05, 0) is 28.8 Å². The molecular weight excluding hydrogens is 340 g/mol. The third kappa shape index (κ3) is 3.30. The molecule has 0 radical (unpaired) electrons. The number of nitrogens with zero attached hydrogens (tertiary/aromatic N) is 1. The van der Waals surface area contributed by atoms with Crippen LogP contribution in [-0.4, -0.2) is 24.2 Å². The van der Waals surface area contributed by atoms with Gasteiger partial charge in [0.2, 0.25) is 0 Å². The van der Waals surface area contributed by atoms with E-state index in [1.807, 2.05) is 0 Å². The molecule has 1 aromatic rings. The number of ether oxygens (including phenoxy) is 2. The summed E-state index contributed by atoms with van der Waals surface area (Å²) in [6.07, 6.45) is 6.80. The largest absolute Gasteiger partial charge is 0.378 e. The Morgan fingerprint density at radius 3 is 2.45 bits per heavy atom. The van der Waals surface area contributed by atoms with Crippen LogP contribution in [0, 0.1) is 4.64 Å². The van der Waals surface area contributed by atoms with E-state index >= 15 is 0 Å². The van der Waals surface area contributed by atoms with Gasteiger partial charge in [-0.2, -0.15) is 0 Å². The number of halogens is 1. The van der Waals surface area contributed by atoms with Gasteiger partial charge in [-0.15, -0.1) is 0 Å². The molecule has 0 aromatic carbocycles. The molecule has 1 aromatic heterocycles. The standard InChI is InChI=1S/C14H21BrN2O2S/c1-18-9-10-11(15)12(20)17-13(16-10)14(19-2)7-5-3-4-6-8-14/h3-9H2,1-2H3,(H,16,17,20). The molecule has 0 bridgehead atoms. The molecule has 0 aliphatic heterocycles. The smallest absolute Gasteiger partial charge is 0.144 e. The van der Waals surface area contributed by atoms with Crippen molar-refractivity contribution >= 4 is 28.1 Å². The number of hydrogen-bond acceptors (Lipinski definition) is 4. The summed E-state index contributed by atoms with van der Waals surface area (Å²) in [4.78, 5) is 7.92. The molecular formula is C14H21BrN2O2S. The molecule has 0 unspecified atom stereocenters. The maximum atomic E-state index is 5.88. The first kappa shape index (κ1) is 16.1. The van der Waals surface area contributed by atoms with Crippen LogP contribution in [0.25, 0.3) is 0 Å². The minimum atomic E-state index is -0.340. The summed E-state index contributed by atoms with van der Waals surface area (Å²) in [6, 6.07) is 0. The van der Waals surface area contributed by atoms with Crippen molar-refractivity contribution in [2.45, 2.75) is 50.7 Å². The quantitative estimate of drug-likeness (QED) is 0.644. The summed E-state index contributed by atoms with van der Waals surface area (Å²) in [7, 11) is 3.43. The minimum Gasteiger partial charge on any atom is -0.378 e. The fraction of sp³-hybridized carbons (Fsp3) is 0.714. The zero-order chi connectivity index (χ0) is 14.6. The van der Waals surface area contributed by atoms with Crippen LogP contribution in [0.1, 0.15) is 50.0 Å². The van der Waals surface area contributed by atoms with Gasteiger partial charge in [-0.25, -0.2) is 4.98 Å². The summed E-state index contributed by atoms with van der Waals surface area (Å²) in [5.74, 6) is 0.835. The molecule has 6 heteroatoms. The van der Waals surface area contributed by atoms with Crippen molar-refractivity contribution in [3.05, 3.63) is 20.6 Å². The van der Waals surface area contributed by atoms with Crippen LogP contribution < -0.4 is 0 Å². The molecule has 112 valence electrons. The van der Waals surface area contributed by atoms with Crippen molar-refractivity contribution in [3.8, 4) is 0 Å². The normalized spacial score (nSPS) is 18.8. The second-order valence-electron chi connectivity index (χ2n) is 5.23. The fourth-order valence-corrected chi connectivity index (χ4v) is 3.32. The lowest BCUT2D eigenvalue weighted by molar-refractivity contribution is -0.0356. The predicted octanol–water partition coefficient (Wildman–Crippen LogP) is 4.24. The SMILES string of the molecule is COCc1[nH]c(C2(OC)CCCCCC2)nc(=S)c1Br. The molecule has 0 saturated heterocycles. The van der Waals surface area contributed by atoms with Gasteiger partial charge >= 0.3 is 0 Å². The van der Waals surface area contributed by atoms with Crippen molar-refractivity contribution in [2.75, 3.05) is 14.2 Å². The Labute approximate surface area is 133 Å². The number of aromatic amines is 1. The highest BCUT2D eigenvalue weighted by molar-refractivity contribution is 9.10. The maximum absolute atomic E-state index is 5.88. The predicted molar refractivity (Wildman–Crippen MR) is 84.2 cm³/mol. The van der Waals surface area contributed by atoms with Gasteiger partial charge in [-0.3, -0.25) is 0 Å². The molecule has 1 heterocycles. The van der Waals surface area contributed by atoms with Crippen molar-refractivity contribution in [3.63, 3.8) is 0 Å². The van der Waals surface area contributed by atoms with E-state index in [2.05, 4.69) is 25.9 Å². The molecule has 0 spiro atoms. The molecule has 0 atom stereocenters. The average molecular weight is 361 g/mol. The van der Waals surface area contributed by atoms with Crippen LogP contribution in [0.2, 0.25) is 0 Å². The summed E-state index contributed by atoms with van der Waals surface area (Å²) in [5, 5.41) is 0. The molecule has 2 rings (SSSR count). The van der Waals surface area contributed by atoms with Crippen molar-refractivity contribution in [2.24, 2.45) is 0 Å². The topological polar surface area (TPSA) is 47.1 Å². The Morgan fingerprint density at radius 1 is 1.25 bits per heavy atom. The van der Waals surface area contributed by atoms with Crippen molar-refractivity contribution in [1.29, 1.82) is 0 Å². The number of nitrogens with one attached hydrogen (secondary N) is 1. The van der Waals surface area contributed by atoms with Gasteiger partial charge < -0.3 is 14.5 Å². The Hall–Kier alpha value is -0.300. The first-order valence-corrected chi connectivity index (χ1v) is 8.16. The van der Waals surface area contributed by atoms with Crippen LogP contribution in [0.3, 0.4) is 0 Å². The monoisotopic (exact) mass is 360 g/mol. The van der Waals surface area contributed by atoms with E-state index in [9.17, 15) is 0 Å². The Kier molecular flexibility index (Phi) is 5.72. The first-order chi connectivity index (χ1) is 9.63. The van der Waals surface area contributed by atoms with Gasteiger partial charge in [0.05, 0.1) is 16.8 Å². The van der Waals surface area contributed by atoms with E-state index in [1.54, 1.807) is 14.2 Å². The highest BCUT2D eigenvalue weighted by atomic mass is 79.9. The molecule has 1 N–H and O–H groups in total. The average Bonchev–Trinajstić information content (AvgIpc) is 2.70. The second kappa shape index (κ2) is 7.11. The van der Waals surface area contributed by atoms with Gasteiger partial charge in [0.15, 0.2) is 0 Å². The summed E-state index contributed by atoms with van der Waals surface area (Å²) in [6.45, 7) is 0.472. The van der Waals surface area contributed by atoms with Crippen LogP contribution in [0.15, 0.2) is 4.47 Å². The molecule has 0 amide bonds. The Balaban J connectivity index is 2.45. The number of H-pyrrole nitrogens is 1. The van der Waals surface area contributed by atoms with E-state index in [-0.39, 0.29) is 5.60 Å². The molecule has 1 aliphatic rings.